The maximum absolute atomic E-state index is 13.0. The molecule has 2 aliphatic heterocycles. The van der Waals surface area contributed by atoms with Crippen molar-refractivity contribution in [3.8, 4) is 0 Å². The first-order valence-electron chi connectivity index (χ1n) is 16.4. The lowest BCUT2D eigenvalue weighted by Gasteiger charge is -2.65. The number of aromatic amines is 1. The van der Waals surface area contributed by atoms with Crippen LogP contribution in [0.25, 0.3) is 10.9 Å². The molecule has 3 heterocycles. The zero-order valence-corrected chi connectivity index (χ0v) is 26.1. The highest BCUT2D eigenvalue weighted by atomic mass is 16.5. The van der Waals surface area contributed by atoms with Crippen LogP contribution in [0.2, 0.25) is 0 Å². The topological polar surface area (TPSA) is 94.9 Å². The summed E-state index contributed by atoms with van der Waals surface area (Å²) in [4.78, 5) is 3.91. The van der Waals surface area contributed by atoms with Gasteiger partial charge in [-0.2, -0.15) is 0 Å². The smallest absolute Gasteiger partial charge is 0.108 e. The number of ether oxygens (including phenoxy) is 2. The van der Waals surface area contributed by atoms with Crippen molar-refractivity contribution in [2.75, 3.05) is 0 Å². The number of hydrogen-bond acceptors (Lipinski definition) is 5. The Morgan fingerprint density at radius 2 is 1.86 bits per heavy atom. The molecule has 3 saturated carbocycles. The van der Waals surface area contributed by atoms with Crippen molar-refractivity contribution < 1.29 is 24.8 Å². The Morgan fingerprint density at radius 1 is 1.09 bits per heavy atom. The van der Waals surface area contributed by atoms with E-state index in [-0.39, 0.29) is 30.0 Å². The Kier molecular flexibility index (Phi) is 4.90. The molecule has 43 heavy (non-hydrogen) atoms. The van der Waals surface area contributed by atoms with Crippen molar-refractivity contribution in [2.45, 2.75) is 120 Å². The van der Waals surface area contributed by atoms with E-state index in [1.165, 1.54) is 11.1 Å². The summed E-state index contributed by atoms with van der Waals surface area (Å²) in [5.74, 6) is 0.183. The molecule has 0 bridgehead atoms. The lowest BCUT2D eigenvalue weighted by molar-refractivity contribution is -0.256. The third-order valence-electron chi connectivity index (χ3n) is 14.2. The predicted octanol–water partition coefficient (Wildman–Crippen LogP) is 5.80. The van der Waals surface area contributed by atoms with E-state index in [2.05, 4.69) is 58.0 Å². The second-order valence-electron chi connectivity index (χ2n) is 16.2. The lowest BCUT2D eigenvalue weighted by atomic mass is 9.42. The third-order valence-corrected chi connectivity index (χ3v) is 14.2. The Labute approximate surface area is 253 Å². The largest absolute Gasteiger partial charge is 0.386 e. The van der Waals surface area contributed by atoms with Crippen LogP contribution in [-0.4, -0.2) is 49.8 Å². The van der Waals surface area contributed by atoms with Crippen molar-refractivity contribution >= 4 is 10.9 Å². The number of H-pyrrole nitrogens is 1. The maximum atomic E-state index is 13.0. The summed E-state index contributed by atoms with van der Waals surface area (Å²) in [7, 11) is 0. The summed E-state index contributed by atoms with van der Waals surface area (Å²) in [5.41, 5.74) is 4.80. The highest BCUT2D eigenvalue weighted by Crippen LogP contribution is 2.74. The van der Waals surface area contributed by atoms with E-state index in [0.717, 1.165) is 71.0 Å². The zero-order valence-electron chi connectivity index (χ0n) is 26.1. The van der Waals surface area contributed by atoms with Gasteiger partial charge in [0.15, 0.2) is 0 Å². The number of aliphatic hydroxyl groups excluding tert-OH is 1. The standard InChI is InChI=1S/C37H45NO5/c1-17(2)30-24(39)15-22-25(42-30)11-12-34(6)35(7)20(10-13-36(22,34)40)31-28-27-23(38-32(28)35)9-8-19-14-18(3)21-16-26(33(4,5)43-31)37(21,41)29(19)27/h8-9,15,20-21,24-26,30-31,38-41H,1,3,10-14,16H2,2,4-7H3/t20-,21+,24+,25-,26+,30+,31-,34+,35+,36+,37+/m0/s1. The molecule has 1 aromatic carbocycles. The van der Waals surface area contributed by atoms with Gasteiger partial charge in [0.1, 0.15) is 17.8 Å². The minimum Gasteiger partial charge on any atom is -0.386 e. The van der Waals surface area contributed by atoms with E-state index in [4.69, 9.17) is 9.47 Å². The monoisotopic (exact) mass is 583 g/mol. The van der Waals surface area contributed by atoms with E-state index < -0.39 is 39.8 Å². The summed E-state index contributed by atoms with van der Waals surface area (Å²) in [5, 5.41) is 37.9. The molecule has 0 spiro atoms. The molecule has 2 aromatic rings. The molecule has 0 unspecified atom stereocenters. The Hall–Kier alpha value is -2.22. The Morgan fingerprint density at radius 3 is 2.60 bits per heavy atom. The molecule has 0 saturated heterocycles. The molecule has 6 nitrogen and oxygen atoms in total. The minimum atomic E-state index is -1.14. The zero-order chi connectivity index (χ0) is 30.2. The van der Waals surface area contributed by atoms with Crippen molar-refractivity contribution in [2.24, 2.45) is 23.2 Å². The van der Waals surface area contributed by atoms with Gasteiger partial charge >= 0.3 is 0 Å². The number of benzene rings is 1. The lowest BCUT2D eigenvalue weighted by Crippen LogP contribution is -2.68. The van der Waals surface area contributed by atoms with Crippen LogP contribution < -0.4 is 0 Å². The average molecular weight is 584 g/mol. The fourth-order valence-corrected chi connectivity index (χ4v) is 11.9. The minimum absolute atomic E-state index is 0.0244. The van der Waals surface area contributed by atoms with Crippen LogP contribution in [-0.2, 0) is 26.9 Å². The first-order valence-corrected chi connectivity index (χ1v) is 16.4. The molecule has 1 aromatic heterocycles. The van der Waals surface area contributed by atoms with Gasteiger partial charge in [-0.1, -0.05) is 38.6 Å². The van der Waals surface area contributed by atoms with Gasteiger partial charge in [-0.15, -0.1) is 0 Å². The molecule has 7 aliphatic rings. The second kappa shape index (κ2) is 7.76. The third kappa shape index (κ3) is 2.75. The van der Waals surface area contributed by atoms with Gasteiger partial charge in [0.2, 0.25) is 0 Å². The molecule has 11 atom stereocenters. The van der Waals surface area contributed by atoms with E-state index >= 15 is 0 Å². The van der Waals surface area contributed by atoms with Crippen molar-refractivity contribution in [1.82, 2.24) is 4.98 Å². The van der Waals surface area contributed by atoms with E-state index in [9.17, 15) is 15.3 Å². The van der Waals surface area contributed by atoms with Gasteiger partial charge < -0.3 is 29.8 Å². The highest BCUT2D eigenvalue weighted by Gasteiger charge is 2.74. The van der Waals surface area contributed by atoms with Crippen LogP contribution in [0.4, 0.5) is 0 Å². The van der Waals surface area contributed by atoms with Crippen molar-refractivity contribution in [1.29, 1.82) is 0 Å². The second-order valence-corrected chi connectivity index (χ2v) is 16.2. The number of hydrogen-bond donors (Lipinski definition) is 4. The Bertz CT molecular complexity index is 1700. The number of aromatic nitrogens is 1. The molecule has 5 aliphatic carbocycles. The van der Waals surface area contributed by atoms with Gasteiger partial charge in [0.05, 0.1) is 23.4 Å². The van der Waals surface area contributed by atoms with E-state index in [1.807, 2.05) is 13.0 Å². The fourth-order valence-electron chi connectivity index (χ4n) is 11.9. The van der Waals surface area contributed by atoms with Crippen LogP contribution in [0.1, 0.15) is 95.2 Å². The molecule has 228 valence electrons. The summed E-state index contributed by atoms with van der Waals surface area (Å²) < 4.78 is 13.7. The number of aliphatic hydroxyl groups is 3. The number of fused-ring (bicyclic) bond motifs is 7. The van der Waals surface area contributed by atoms with Gasteiger partial charge in [0.25, 0.3) is 0 Å². The normalized spacial score (nSPS) is 48.3. The van der Waals surface area contributed by atoms with Crippen LogP contribution in [0.15, 0.2) is 48.1 Å². The molecule has 4 N–H and O–H groups in total. The molecule has 0 radical (unpaired) electrons. The number of nitrogens with one attached hydrogen (secondary N) is 1. The SMILES string of the molecule is C=C(C)[C@H]1O[C@H]2CC[C@@]3(C)[C@@](O)(CC[C@H]4[C@@H]5OC(C)(C)[C@H]6C[C@@H]7C(=C)Cc8ccc9[nH]c(c5c9c8[C@@]76O)[C@@]43C)C2=C[C@H]1O. The quantitative estimate of drug-likeness (QED) is 0.319. The fraction of sp³-hybridized carbons (Fsp3) is 0.622. The van der Waals surface area contributed by atoms with Crippen LogP contribution in [0.3, 0.4) is 0 Å². The molecular formula is C37H45NO5. The van der Waals surface area contributed by atoms with Crippen LogP contribution in [0, 0.1) is 23.2 Å². The molecule has 0 amide bonds. The van der Waals surface area contributed by atoms with Crippen molar-refractivity contribution in [3.63, 3.8) is 0 Å². The first-order chi connectivity index (χ1) is 20.2. The van der Waals surface area contributed by atoms with Crippen molar-refractivity contribution in [3.05, 3.63) is 70.5 Å². The van der Waals surface area contributed by atoms with Gasteiger partial charge in [0, 0.05) is 50.7 Å². The van der Waals surface area contributed by atoms with Gasteiger partial charge in [-0.25, -0.2) is 0 Å². The maximum Gasteiger partial charge on any atom is 0.108 e. The molecule has 9 rings (SSSR count). The molecule has 3 fully saturated rings. The predicted molar refractivity (Wildman–Crippen MR) is 164 cm³/mol. The summed E-state index contributed by atoms with van der Waals surface area (Å²) in [6, 6.07) is 4.37. The average Bonchev–Trinajstić information content (AvgIpc) is 3.41. The molecular weight excluding hydrogens is 538 g/mol. The summed E-state index contributed by atoms with van der Waals surface area (Å²) in [6.07, 6.45) is 4.87. The van der Waals surface area contributed by atoms with Crippen LogP contribution in [0.5, 0.6) is 0 Å². The van der Waals surface area contributed by atoms with Gasteiger partial charge in [-0.05, 0) is 93.7 Å². The summed E-state index contributed by atoms with van der Waals surface area (Å²) in [6.45, 7) is 19.3. The van der Waals surface area contributed by atoms with E-state index in [0.29, 0.717) is 6.42 Å². The van der Waals surface area contributed by atoms with Gasteiger partial charge in [-0.3, -0.25) is 0 Å². The van der Waals surface area contributed by atoms with E-state index in [1.54, 1.807) is 0 Å². The summed E-state index contributed by atoms with van der Waals surface area (Å²) >= 11 is 0. The highest BCUT2D eigenvalue weighted by molar-refractivity contribution is 5.93. The Balaban J connectivity index is 1.28. The number of rotatable bonds is 1. The molecule has 6 heteroatoms. The first kappa shape index (κ1) is 27.1. The van der Waals surface area contributed by atoms with Crippen LogP contribution >= 0.6 is 0 Å².